The molecule has 0 atom stereocenters. The van der Waals surface area contributed by atoms with Crippen molar-refractivity contribution in [1.82, 2.24) is 23.9 Å². The van der Waals surface area contributed by atoms with Crippen LogP contribution in [0.1, 0.15) is 0 Å². The molecule has 0 aliphatic heterocycles. The Kier molecular flexibility index (Phi) is 6.53. The first-order valence-corrected chi connectivity index (χ1v) is 18.8. The van der Waals surface area contributed by atoms with Crippen molar-refractivity contribution in [3.8, 4) is 40.0 Å². The number of aromatic nitrogens is 5. The van der Waals surface area contributed by atoms with Gasteiger partial charge < -0.3 is 18.1 Å². The minimum atomic E-state index is 0.436. The molecular weight excluding hydrogens is 687 g/mol. The van der Waals surface area contributed by atoms with E-state index in [4.69, 9.17) is 9.52 Å². The Labute approximate surface area is 320 Å². The second-order valence-corrected chi connectivity index (χ2v) is 14.2. The maximum absolute atomic E-state index is 6.80. The fourth-order valence-corrected chi connectivity index (χ4v) is 8.88. The molecule has 0 spiro atoms. The van der Waals surface area contributed by atoms with E-state index < -0.39 is 0 Å². The molecule has 0 aliphatic carbocycles. The summed E-state index contributed by atoms with van der Waals surface area (Å²) in [6.45, 7) is 0. The first kappa shape index (κ1) is 30.7. The zero-order valence-corrected chi connectivity index (χ0v) is 30.0. The van der Waals surface area contributed by atoms with Crippen molar-refractivity contribution in [2.45, 2.75) is 0 Å². The number of nitrogens with zero attached hydrogens (tertiary/aromatic N) is 5. The van der Waals surface area contributed by atoms with Crippen LogP contribution in [-0.4, -0.2) is 23.9 Å². The standard InChI is InChI=1S/C50H31N5O/c1-2-16-32(17-3-1)49-51-52-50(56-49)48-46(54-42-26-12-6-20-36(42)37-21-7-13-27-43(37)54)30-33(53-40-24-10-4-18-34(40)35-19-5-11-25-41(35)53)31-47(48)55-44-28-14-8-22-38(44)39-23-9-15-29-45(39)55/h1-31H. The van der Waals surface area contributed by atoms with E-state index in [0.29, 0.717) is 11.8 Å². The van der Waals surface area contributed by atoms with Gasteiger partial charge in [-0.2, -0.15) is 0 Å². The Morgan fingerprint density at radius 1 is 0.321 bits per heavy atom. The average Bonchev–Trinajstić information content (AvgIpc) is 4.04. The van der Waals surface area contributed by atoms with E-state index in [1.54, 1.807) is 0 Å². The molecule has 0 amide bonds. The maximum Gasteiger partial charge on any atom is 0.252 e. The first-order chi connectivity index (χ1) is 27.8. The van der Waals surface area contributed by atoms with Crippen LogP contribution in [0.25, 0.3) is 105 Å². The molecule has 4 aromatic heterocycles. The molecule has 8 aromatic carbocycles. The summed E-state index contributed by atoms with van der Waals surface area (Å²) < 4.78 is 13.9. The molecule has 4 heterocycles. The van der Waals surface area contributed by atoms with Crippen LogP contribution >= 0.6 is 0 Å². The smallest absolute Gasteiger partial charge is 0.252 e. The van der Waals surface area contributed by atoms with Crippen LogP contribution in [-0.2, 0) is 0 Å². The van der Waals surface area contributed by atoms with Gasteiger partial charge in [0.1, 0.15) is 0 Å². The third-order valence-corrected chi connectivity index (χ3v) is 11.2. The number of fused-ring (bicyclic) bond motifs is 9. The largest absolute Gasteiger partial charge is 0.416 e. The molecule has 6 heteroatoms. The molecule has 0 saturated carbocycles. The highest BCUT2D eigenvalue weighted by Gasteiger charge is 2.27. The van der Waals surface area contributed by atoms with Gasteiger partial charge in [0.05, 0.1) is 55.7 Å². The van der Waals surface area contributed by atoms with Crippen molar-refractivity contribution in [3.05, 3.63) is 188 Å². The van der Waals surface area contributed by atoms with Crippen LogP contribution < -0.4 is 0 Å². The van der Waals surface area contributed by atoms with Crippen molar-refractivity contribution in [3.63, 3.8) is 0 Å². The summed E-state index contributed by atoms with van der Waals surface area (Å²) in [4.78, 5) is 0. The molecule has 0 radical (unpaired) electrons. The summed E-state index contributed by atoms with van der Waals surface area (Å²) in [7, 11) is 0. The summed E-state index contributed by atoms with van der Waals surface area (Å²) in [5, 5.41) is 16.6. The summed E-state index contributed by atoms with van der Waals surface area (Å²) >= 11 is 0. The van der Waals surface area contributed by atoms with Gasteiger partial charge >= 0.3 is 0 Å². The van der Waals surface area contributed by atoms with E-state index in [2.05, 4.69) is 177 Å². The quantitative estimate of drug-likeness (QED) is 0.178. The van der Waals surface area contributed by atoms with Crippen LogP contribution in [0.3, 0.4) is 0 Å². The molecular formula is C50H31N5O. The van der Waals surface area contributed by atoms with Crippen molar-refractivity contribution in [2.24, 2.45) is 0 Å². The third kappa shape index (κ3) is 4.38. The van der Waals surface area contributed by atoms with Gasteiger partial charge in [0, 0.05) is 37.9 Å². The Morgan fingerprint density at radius 2 is 0.643 bits per heavy atom. The SMILES string of the molecule is c1ccc(-c2nnc(-c3c(-n4c5ccccc5c5ccccc54)cc(-n4c5ccccc5c5ccccc54)cc3-n3c4ccccc4c4ccccc43)o2)cc1. The lowest BCUT2D eigenvalue weighted by Crippen LogP contribution is -2.07. The van der Waals surface area contributed by atoms with Crippen molar-refractivity contribution >= 4 is 65.4 Å². The summed E-state index contributed by atoms with van der Waals surface area (Å²) in [6.07, 6.45) is 0. The average molecular weight is 718 g/mol. The predicted molar refractivity (Wildman–Crippen MR) is 228 cm³/mol. The highest BCUT2D eigenvalue weighted by atomic mass is 16.4. The van der Waals surface area contributed by atoms with E-state index in [0.717, 1.165) is 61.3 Å². The van der Waals surface area contributed by atoms with Gasteiger partial charge in [0.2, 0.25) is 5.89 Å². The lowest BCUT2D eigenvalue weighted by atomic mass is 10.1. The number of para-hydroxylation sites is 6. The highest BCUT2D eigenvalue weighted by Crippen LogP contribution is 2.44. The molecule has 0 N–H and O–H groups in total. The monoisotopic (exact) mass is 717 g/mol. The fraction of sp³-hybridized carbons (Fsp3) is 0. The van der Waals surface area contributed by atoms with E-state index in [9.17, 15) is 0 Å². The minimum absolute atomic E-state index is 0.436. The van der Waals surface area contributed by atoms with Crippen molar-refractivity contribution < 1.29 is 4.42 Å². The molecule has 0 aliphatic rings. The second kappa shape index (κ2) is 11.9. The zero-order valence-electron chi connectivity index (χ0n) is 30.0. The number of hydrogen-bond acceptors (Lipinski definition) is 3. The summed E-state index contributed by atoms with van der Waals surface area (Å²) in [6, 6.07) is 66.5. The van der Waals surface area contributed by atoms with Gasteiger partial charge in [-0.15, -0.1) is 10.2 Å². The maximum atomic E-state index is 6.80. The van der Waals surface area contributed by atoms with Gasteiger partial charge in [-0.05, 0) is 60.7 Å². The van der Waals surface area contributed by atoms with Crippen LogP contribution in [0.15, 0.2) is 192 Å². The molecule has 262 valence electrons. The fourth-order valence-electron chi connectivity index (χ4n) is 8.88. The normalized spacial score (nSPS) is 11.9. The van der Waals surface area contributed by atoms with Crippen molar-refractivity contribution in [2.75, 3.05) is 0 Å². The number of hydrogen-bond donors (Lipinski definition) is 0. The lowest BCUT2D eigenvalue weighted by molar-refractivity contribution is 0.584. The molecule has 0 fully saturated rings. The predicted octanol–water partition coefficient (Wildman–Crippen LogP) is 12.7. The minimum Gasteiger partial charge on any atom is -0.416 e. The first-order valence-electron chi connectivity index (χ1n) is 18.8. The van der Waals surface area contributed by atoms with Crippen molar-refractivity contribution in [1.29, 1.82) is 0 Å². The molecule has 12 rings (SSSR count). The number of benzene rings is 8. The van der Waals surface area contributed by atoms with Crippen LogP contribution in [0.4, 0.5) is 0 Å². The van der Waals surface area contributed by atoms with Gasteiger partial charge in [-0.1, -0.05) is 127 Å². The van der Waals surface area contributed by atoms with E-state index in [1.807, 2.05) is 30.3 Å². The van der Waals surface area contributed by atoms with E-state index >= 15 is 0 Å². The molecule has 6 nitrogen and oxygen atoms in total. The molecule has 12 aromatic rings. The molecule has 0 unspecified atom stereocenters. The Morgan fingerprint density at radius 3 is 1.04 bits per heavy atom. The topological polar surface area (TPSA) is 53.7 Å². The Hall–Kier alpha value is -7.70. The van der Waals surface area contributed by atoms with E-state index in [1.165, 1.54) is 32.3 Å². The third-order valence-electron chi connectivity index (χ3n) is 11.2. The summed E-state index contributed by atoms with van der Waals surface area (Å²) in [5.41, 5.74) is 11.2. The molecule has 0 bridgehead atoms. The van der Waals surface area contributed by atoms with Gasteiger partial charge in [-0.3, -0.25) is 0 Å². The van der Waals surface area contributed by atoms with Gasteiger partial charge in [0.15, 0.2) is 0 Å². The highest BCUT2D eigenvalue weighted by molar-refractivity contribution is 6.13. The van der Waals surface area contributed by atoms with Gasteiger partial charge in [0.25, 0.3) is 5.89 Å². The molecule has 56 heavy (non-hydrogen) atoms. The molecule has 0 saturated heterocycles. The zero-order chi connectivity index (χ0) is 36.7. The Balaban J connectivity index is 1.31. The Bertz CT molecular complexity index is 3200. The van der Waals surface area contributed by atoms with Crippen LogP contribution in [0, 0.1) is 0 Å². The lowest BCUT2D eigenvalue weighted by Gasteiger charge is -2.21. The summed E-state index contributed by atoms with van der Waals surface area (Å²) in [5.74, 6) is 0.903. The van der Waals surface area contributed by atoms with E-state index in [-0.39, 0.29) is 0 Å². The number of rotatable bonds is 5. The van der Waals surface area contributed by atoms with Crippen LogP contribution in [0.2, 0.25) is 0 Å². The van der Waals surface area contributed by atoms with Crippen LogP contribution in [0.5, 0.6) is 0 Å². The van der Waals surface area contributed by atoms with Gasteiger partial charge in [-0.25, -0.2) is 0 Å². The second-order valence-electron chi connectivity index (χ2n) is 14.2.